The lowest BCUT2D eigenvalue weighted by Gasteiger charge is -2.07. The van der Waals surface area contributed by atoms with Crippen LogP contribution in [0.3, 0.4) is 0 Å². The van der Waals surface area contributed by atoms with Gasteiger partial charge in [0.25, 0.3) is 0 Å². The maximum atomic E-state index is 5.61. The molecule has 2 nitrogen and oxygen atoms in total. The average molecular weight is 222 g/mol. The van der Waals surface area contributed by atoms with Crippen molar-refractivity contribution in [2.24, 2.45) is 0 Å². The van der Waals surface area contributed by atoms with E-state index in [1.165, 1.54) is 5.56 Å². The van der Waals surface area contributed by atoms with Crippen LogP contribution in [-0.2, 0) is 11.2 Å². The quantitative estimate of drug-likeness (QED) is 0.627. The molecule has 0 aliphatic rings. The highest BCUT2D eigenvalue weighted by Gasteiger charge is 1.94. The van der Waals surface area contributed by atoms with Gasteiger partial charge in [0.05, 0.1) is 6.61 Å². The van der Waals surface area contributed by atoms with Crippen LogP contribution in [-0.4, -0.2) is 19.8 Å². The zero-order valence-electron chi connectivity index (χ0n) is 10.4. The molecule has 0 N–H and O–H groups in total. The van der Waals surface area contributed by atoms with Gasteiger partial charge in [0.1, 0.15) is 5.75 Å². The Hall–Kier alpha value is -1.02. The summed E-state index contributed by atoms with van der Waals surface area (Å²) in [5.74, 6) is 0.952. The van der Waals surface area contributed by atoms with Gasteiger partial charge in [0, 0.05) is 19.6 Å². The summed E-state index contributed by atoms with van der Waals surface area (Å²) in [4.78, 5) is 0. The van der Waals surface area contributed by atoms with Crippen LogP contribution >= 0.6 is 0 Å². The molecule has 0 spiro atoms. The molecule has 16 heavy (non-hydrogen) atoms. The van der Waals surface area contributed by atoms with E-state index >= 15 is 0 Å². The van der Waals surface area contributed by atoms with E-state index in [-0.39, 0.29) is 0 Å². The third kappa shape index (κ3) is 5.17. The molecule has 1 aromatic carbocycles. The minimum atomic E-state index is 0.731. The van der Waals surface area contributed by atoms with Crippen LogP contribution in [0.15, 0.2) is 24.3 Å². The smallest absolute Gasteiger partial charge is 0.119 e. The number of aryl methyl sites for hydroxylation is 1. The second-order valence-corrected chi connectivity index (χ2v) is 3.81. The Morgan fingerprint density at radius 1 is 0.938 bits per heavy atom. The van der Waals surface area contributed by atoms with Gasteiger partial charge in [-0.3, -0.25) is 0 Å². The summed E-state index contributed by atoms with van der Waals surface area (Å²) in [6, 6.07) is 8.29. The van der Waals surface area contributed by atoms with Gasteiger partial charge in [0.2, 0.25) is 0 Å². The molecule has 0 amide bonds. The minimum absolute atomic E-state index is 0.731. The summed E-state index contributed by atoms with van der Waals surface area (Å²) < 4.78 is 11.0. The summed E-state index contributed by atoms with van der Waals surface area (Å²) in [5, 5.41) is 0. The highest BCUT2D eigenvalue weighted by atomic mass is 16.5. The van der Waals surface area contributed by atoms with Gasteiger partial charge in [-0.25, -0.2) is 0 Å². The maximum absolute atomic E-state index is 5.61. The first kappa shape index (κ1) is 13.0. The summed E-state index contributed by atoms with van der Waals surface area (Å²) in [7, 11) is 0. The minimum Gasteiger partial charge on any atom is -0.494 e. The van der Waals surface area contributed by atoms with Crippen molar-refractivity contribution in [3.05, 3.63) is 29.8 Å². The van der Waals surface area contributed by atoms with Crippen molar-refractivity contribution in [3.63, 3.8) is 0 Å². The Morgan fingerprint density at radius 2 is 1.69 bits per heavy atom. The maximum Gasteiger partial charge on any atom is 0.119 e. The molecular weight excluding hydrogens is 200 g/mol. The van der Waals surface area contributed by atoms with Crippen molar-refractivity contribution in [3.8, 4) is 5.75 Å². The zero-order chi connectivity index (χ0) is 11.6. The van der Waals surface area contributed by atoms with Crippen molar-refractivity contribution in [1.82, 2.24) is 0 Å². The standard InChI is InChI=1S/C14H22O2/c1-3-10-15-11-5-12-16-14-8-6-13(4-2)7-9-14/h6-9H,3-5,10-12H2,1-2H3. The molecule has 0 saturated heterocycles. The molecular formula is C14H22O2. The molecule has 0 heterocycles. The fourth-order valence-electron chi connectivity index (χ4n) is 1.42. The topological polar surface area (TPSA) is 18.5 Å². The predicted molar refractivity (Wildman–Crippen MR) is 67.0 cm³/mol. The third-order valence-electron chi connectivity index (χ3n) is 2.38. The van der Waals surface area contributed by atoms with E-state index in [4.69, 9.17) is 9.47 Å². The fourth-order valence-corrected chi connectivity index (χ4v) is 1.42. The zero-order valence-corrected chi connectivity index (χ0v) is 10.4. The molecule has 0 aromatic heterocycles. The van der Waals surface area contributed by atoms with Crippen LogP contribution in [0.5, 0.6) is 5.75 Å². The van der Waals surface area contributed by atoms with Gasteiger partial charge >= 0.3 is 0 Å². The Balaban J connectivity index is 2.12. The van der Waals surface area contributed by atoms with Crippen molar-refractivity contribution in [1.29, 1.82) is 0 Å². The predicted octanol–water partition coefficient (Wildman–Crippen LogP) is 3.44. The molecule has 0 atom stereocenters. The lowest BCUT2D eigenvalue weighted by molar-refractivity contribution is 0.120. The SMILES string of the molecule is CCCOCCCOc1ccc(CC)cc1. The molecule has 0 saturated carbocycles. The first-order valence-corrected chi connectivity index (χ1v) is 6.16. The van der Waals surface area contributed by atoms with Gasteiger partial charge in [-0.1, -0.05) is 26.0 Å². The van der Waals surface area contributed by atoms with Gasteiger partial charge in [-0.15, -0.1) is 0 Å². The highest BCUT2D eigenvalue weighted by molar-refractivity contribution is 5.27. The molecule has 0 aliphatic carbocycles. The number of ether oxygens (including phenoxy) is 2. The van der Waals surface area contributed by atoms with Crippen molar-refractivity contribution in [2.45, 2.75) is 33.1 Å². The Morgan fingerprint density at radius 3 is 2.31 bits per heavy atom. The van der Waals surface area contributed by atoms with Gasteiger partial charge < -0.3 is 9.47 Å². The molecule has 1 aromatic rings. The molecule has 0 radical (unpaired) electrons. The van der Waals surface area contributed by atoms with Crippen LogP contribution in [0.1, 0.15) is 32.3 Å². The summed E-state index contributed by atoms with van der Waals surface area (Å²) in [6.45, 7) is 6.65. The van der Waals surface area contributed by atoms with E-state index < -0.39 is 0 Å². The van der Waals surface area contributed by atoms with E-state index in [0.29, 0.717) is 0 Å². The molecule has 0 fully saturated rings. The summed E-state index contributed by atoms with van der Waals surface area (Å²) in [5.41, 5.74) is 1.35. The normalized spacial score (nSPS) is 10.4. The molecule has 0 unspecified atom stereocenters. The number of hydrogen-bond donors (Lipinski definition) is 0. The van der Waals surface area contributed by atoms with Crippen LogP contribution in [0, 0.1) is 0 Å². The molecule has 2 heteroatoms. The van der Waals surface area contributed by atoms with Crippen LogP contribution in [0.4, 0.5) is 0 Å². The second kappa shape index (κ2) is 8.17. The first-order valence-electron chi connectivity index (χ1n) is 6.16. The monoisotopic (exact) mass is 222 g/mol. The van der Waals surface area contributed by atoms with Crippen molar-refractivity contribution < 1.29 is 9.47 Å². The van der Waals surface area contributed by atoms with Gasteiger partial charge in [-0.2, -0.15) is 0 Å². The molecule has 90 valence electrons. The van der Waals surface area contributed by atoms with Crippen molar-refractivity contribution in [2.75, 3.05) is 19.8 Å². The Bertz CT molecular complexity index is 267. The van der Waals surface area contributed by atoms with Crippen LogP contribution in [0.25, 0.3) is 0 Å². The van der Waals surface area contributed by atoms with E-state index in [9.17, 15) is 0 Å². The highest BCUT2D eigenvalue weighted by Crippen LogP contribution is 2.12. The van der Waals surface area contributed by atoms with E-state index in [1.54, 1.807) is 0 Å². The largest absolute Gasteiger partial charge is 0.494 e. The van der Waals surface area contributed by atoms with Gasteiger partial charge in [0.15, 0.2) is 0 Å². The second-order valence-electron chi connectivity index (χ2n) is 3.81. The van der Waals surface area contributed by atoms with Crippen molar-refractivity contribution >= 4 is 0 Å². The molecule has 0 aliphatic heterocycles. The van der Waals surface area contributed by atoms with E-state index in [2.05, 4.69) is 26.0 Å². The number of rotatable bonds is 8. The first-order chi connectivity index (χ1) is 7.86. The van der Waals surface area contributed by atoms with E-state index in [0.717, 1.165) is 44.8 Å². The lowest BCUT2D eigenvalue weighted by atomic mass is 10.2. The molecule has 0 bridgehead atoms. The fraction of sp³-hybridized carbons (Fsp3) is 0.571. The van der Waals surface area contributed by atoms with E-state index in [1.807, 2.05) is 12.1 Å². The van der Waals surface area contributed by atoms with Gasteiger partial charge in [-0.05, 0) is 30.5 Å². The molecule has 1 rings (SSSR count). The Labute approximate surface area is 98.6 Å². The summed E-state index contributed by atoms with van der Waals surface area (Å²) in [6.07, 6.45) is 3.11. The third-order valence-corrected chi connectivity index (χ3v) is 2.38. The lowest BCUT2D eigenvalue weighted by Crippen LogP contribution is -2.03. The summed E-state index contributed by atoms with van der Waals surface area (Å²) >= 11 is 0. The van der Waals surface area contributed by atoms with Crippen LogP contribution in [0.2, 0.25) is 0 Å². The number of benzene rings is 1. The number of hydrogen-bond acceptors (Lipinski definition) is 2. The Kier molecular flexibility index (Phi) is 6.66. The average Bonchev–Trinajstić information content (AvgIpc) is 2.34. The van der Waals surface area contributed by atoms with Crippen LogP contribution < -0.4 is 4.74 Å².